The molecule has 0 radical (unpaired) electrons. The minimum atomic E-state index is -0.769. The second-order valence-electron chi connectivity index (χ2n) is 6.08. The fourth-order valence-corrected chi connectivity index (χ4v) is 2.93. The molecule has 0 aliphatic carbocycles. The quantitative estimate of drug-likeness (QED) is 0.909. The molecule has 1 aromatic carbocycles. The maximum Gasteiger partial charge on any atom is 0.303 e. The number of halogens is 1. The van der Waals surface area contributed by atoms with Gasteiger partial charge in [0.2, 0.25) is 5.91 Å². The molecule has 1 saturated heterocycles. The van der Waals surface area contributed by atoms with E-state index >= 15 is 0 Å². The first-order valence-corrected chi connectivity index (χ1v) is 7.70. The van der Waals surface area contributed by atoms with Gasteiger partial charge in [-0.25, -0.2) is 4.39 Å². The summed E-state index contributed by atoms with van der Waals surface area (Å²) in [6, 6.07) is 6.25. The first kappa shape index (κ1) is 16.5. The number of hydrogen-bond donors (Lipinski definition) is 1. The number of benzene rings is 1. The molecule has 22 heavy (non-hydrogen) atoms. The standard InChI is InChI=1S/C17H22FNO3/c1-12(14-2-4-15(18)5-3-14)10-16(20)19-8-6-13(7-9-19)11-17(21)22/h2-5,12-13H,6-11H2,1H3,(H,21,22). The first-order valence-electron chi connectivity index (χ1n) is 7.70. The Morgan fingerprint density at radius 3 is 2.41 bits per heavy atom. The summed E-state index contributed by atoms with van der Waals surface area (Å²) in [5, 5.41) is 8.80. The van der Waals surface area contributed by atoms with Gasteiger partial charge < -0.3 is 10.0 Å². The summed E-state index contributed by atoms with van der Waals surface area (Å²) in [4.78, 5) is 24.8. The Morgan fingerprint density at radius 1 is 1.27 bits per heavy atom. The van der Waals surface area contributed by atoms with Gasteiger partial charge in [-0.05, 0) is 42.4 Å². The molecule has 0 bridgehead atoms. The van der Waals surface area contributed by atoms with Crippen LogP contribution < -0.4 is 0 Å². The van der Waals surface area contributed by atoms with Gasteiger partial charge in [0.15, 0.2) is 0 Å². The number of carbonyl (C=O) groups excluding carboxylic acids is 1. The van der Waals surface area contributed by atoms with Crippen LogP contribution in [-0.2, 0) is 9.59 Å². The molecule has 2 rings (SSSR count). The van der Waals surface area contributed by atoms with Crippen molar-refractivity contribution in [3.8, 4) is 0 Å². The molecule has 1 aliphatic rings. The highest BCUT2D eigenvalue weighted by Gasteiger charge is 2.25. The number of piperidine rings is 1. The zero-order chi connectivity index (χ0) is 16.1. The average molecular weight is 307 g/mol. The lowest BCUT2D eigenvalue weighted by Crippen LogP contribution is -2.39. The lowest BCUT2D eigenvalue weighted by Gasteiger charge is -2.32. The van der Waals surface area contributed by atoms with Gasteiger partial charge in [-0.1, -0.05) is 19.1 Å². The molecule has 0 saturated carbocycles. The topological polar surface area (TPSA) is 57.6 Å². The van der Waals surface area contributed by atoms with Crippen LogP contribution in [0.4, 0.5) is 4.39 Å². The number of hydrogen-bond acceptors (Lipinski definition) is 2. The third kappa shape index (κ3) is 4.55. The molecule has 0 spiro atoms. The van der Waals surface area contributed by atoms with Crippen molar-refractivity contribution in [1.82, 2.24) is 4.90 Å². The Bertz CT molecular complexity index is 521. The second-order valence-corrected chi connectivity index (χ2v) is 6.08. The van der Waals surface area contributed by atoms with Crippen LogP contribution in [0, 0.1) is 11.7 Å². The van der Waals surface area contributed by atoms with Crippen molar-refractivity contribution in [1.29, 1.82) is 0 Å². The maximum atomic E-state index is 12.9. The van der Waals surface area contributed by atoms with E-state index in [0.717, 1.165) is 18.4 Å². The molecule has 1 heterocycles. The van der Waals surface area contributed by atoms with E-state index in [1.54, 1.807) is 12.1 Å². The predicted octanol–water partition coefficient (Wildman–Crippen LogP) is 3.03. The smallest absolute Gasteiger partial charge is 0.303 e. The van der Waals surface area contributed by atoms with Crippen LogP contribution in [0.2, 0.25) is 0 Å². The highest BCUT2D eigenvalue weighted by Crippen LogP contribution is 2.24. The lowest BCUT2D eigenvalue weighted by atomic mass is 9.92. The molecule has 1 unspecified atom stereocenters. The first-order chi connectivity index (χ1) is 10.5. The van der Waals surface area contributed by atoms with Crippen molar-refractivity contribution < 1.29 is 19.1 Å². The summed E-state index contributed by atoms with van der Waals surface area (Å²) in [7, 11) is 0. The molecule has 1 N–H and O–H groups in total. The zero-order valence-corrected chi connectivity index (χ0v) is 12.8. The van der Waals surface area contributed by atoms with Crippen LogP contribution >= 0.6 is 0 Å². The number of carboxylic acids is 1. The third-order valence-electron chi connectivity index (χ3n) is 4.35. The summed E-state index contributed by atoms with van der Waals surface area (Å²) in [6.07, 6.45) is 2.09. The van der Waals surface area contributed by atoms with Crippen molar-refractivity contribution in [3.63, 3.8) is 0 Å². The largest absolute Gasteiger partial charge is 0.481 e. The maximum absolute atomic E-state index is 12.9. The van der Waals surface area contributed by atoms with E-state index in [1.165, 1.54) is 12.1 Å². The Balaban J connectivity index is 1.83. The molecule has 1 aliphatic heterocycles. The number of amides is 1. The van der Waals surface area contributed by atoms with E-state index in [1.807, 2.05) is 11.8 Å². The fourth-order valence-electron chi connectivity index (χ4n) is 2.93. The van der Waals surface area contributed by atoms with Gasteiger partial charge in [0, 0.05) is 25.9 Å². The van der Waals surface area contributed by atoms with Gasteiger partial charge in [0.1, 0.15) is 5.82 Å². The fraction of sp³-hybridized carbons (Fsp3) is 0.529. The minimum absolute atomic E-state index is 0.0462. The summed E-state index contributed by atoms with van der Waals surface area (Å²) < 4.78 is 12.9. The van der Waals surface area contributed by atoms with Gasteiger partial charge in [0.25, 0.3) is 0 Å². The van der Waals surface area contributed by atoms with Gasteiger partial charge in [-0.15, -0.1) is 0 Å². The Kier molecular flexibility index (Phi) is 5.52. The monoisotopic (exact) mass is 307 g/mol. The van der Waals surface area contributed by atoms with E-state index < -0.39 is 5.97 Å². The van der Waals surface area contributed by atoms with Crippen molar-refractivity contribution in [2.75, 3.05) is 13.1 Å². The highest BCUT2D eigenvalue weighted by atomic mass is 19.1. The van der Waals surface area contributed by atoms with E-state index in [0.29, 0.717) is 19.5 Å². The summed E-state index contributed by atoms with van der Waals surface area (Å²) in [5.74, 6) is -0.732. The summed E-state index contributed by atoms with van der Waals surface area (Å²) >= 11 is 0. The molecular weight excluding hydrogens is 285 g/mol. The molecule has 1 amide bonds. The number of carboxylic acid groups (broad SMARTS) is 1. The Labute approximate surface area is 129 Å². The number of rotatable bonds is 5. The van der Waals surface area contributed by atoms with Gasteiger partial charge in [0.05, 0.1) is 0 Å². The SMILES string of the molecule is CC(CC(=O)N1CCC(CC(=O)O)CC1)c1ccc(F)cc1. The van der Waals surface area contributed by atoms with Gasteiger partial charge >= 0.3 is 5.97 Å². The van der Waals surface area contributed by atoms with E-state index in [-0.39, 0.29) is 30.0 Å². The highest BCUT2D eigenvalue weighted by molar-refractivity contribution is 5.77. The van der Waals surface area contributed by atoms with Gasteiger partial charge in [-0.3, -0.25) is 9.59 Å². The third-order valence-corrected chi connectivity index (χ3v) is 4.35. The van der Waals surface area contributed by atoms with Crippen molar-refractivity contribution in [2.45, 2.75) is 38.5 Å². The van der Waals surface area contributed by atoms with Crippen molar-refractivity contribution in [3.05, 3.63) is 35.6 Å². The molecular formula is C17H22FNO3. The molecule has 0 aromatic heterocycles. The van der Waals surface area contributed by atoms with Gasteiger partial charge in [-0.2, -0.15) is 0 Å². The van der Waals surface area contributed by atoms with Crippen molar-refractivity contribution >= 4 is 11.9 Å². The molecule has 120 valence electrons. The second kappa shape index (κ2) is 7.38. The van der Waals surface area contributed by atoms with E-state index in [2.05, 4.69) is 0 Å². The molecule has 1 atom stereocenters. The number of likely N-dealkylation sites (tertiary alicyclic amines) is 1. The van der Waals surface area contributed by atoms with Crippen LogP contribution in [0.25, 0.3) is 0 Å². The Hall–Kier alpha value is -1.91. The normalized spacial score (nSPS) is 17.3. The summed E-state index contributed by atoms with van der Waals surface area (Å²) in [5.41, 5.74) is 0.954. The van der Waals surface area contributed by atoms with Crippen molar-refractivity contribution in [2.24, 2.45) is 5.92 Å². The van der Waals surface area contributed by atoms with Crippen LogP contribution in [0.1, 0.15) is 44.1 Å². The number of aliphatic carboxylic acids is 1. The number of nitrogens with zero attached hydrogens (tertiary/aromatic N) is 1. The van der Waals surface area contributed by atoms with Crippen LogP contribution in [0.3, 0.4) is 0 Å². The lowest BCUT2D eigenvalue weighted by molar-refractivity contribution is -0.138. The van der Waals surface area contributed by atoms with Crippen LogP contribution in [-0.4, -0.2) is 35.0 Å². The number of carbonyl (C=O) groups is 2. The molecule has 1 aromatic rings. The minimum Gasteiger partial charge on any atom is -0.481 e. The molecule has 5 heteroatoms. The molecule has 1 fully saturated rings. The Morgan fingerprint density at radius 2 is 1.86 bits per heavy atom. The average Bonchev–Trinajstić information content (AvgIpc) is 2.48. The molecule has 4 nitrogen and oxygen atoms in total. The van der Waals surface area contributed by atoms with Crippen LogP contribution in [0.15, 0.2) is 24.3 Å². The van der Waals surface area contributed by atoms with E-state index in [4.69, 9.17) is 5.11 Å². The zero-order valence-electron chi connectivity index (χ0n) is 12.8. The van der Waals surface area contributed by atoms with E-state index in [9.17, 15) is 14.0 Å². The van der Waals surface area contributed by atoms with Crippen LogP contribution in [0.5, 0.6) is 0 Å². The predicted molar refractivity (Wildman–Crippen MR) is 81.0 cm³/mol. The summed E-state index contributed by atoms with van der Waals surface area (Å²) in [6.45, 7) is 3.22.